The van der Waals surface area contributed by atoms with Crippen molar-refractivity contribution in [3.8, 4) is 5.75 Å². The van der Waals surface area contributed by atoms with Crippen LogP contribution in [0.15, 0.2) is 58.6 Å². The van der Waals surface area contributed by atoms with Crippen molar-refractivity contribution in [2.75, 3.05) is 26.0 Å². The lowest BCUT2D eigenvalue weighted by molar-refractivity contribution is -0.120. The van der Waals surface area contributed by atoms with Gasteiger partial charge in [-0.05, 0) is 48.9 Å². The second-order valence-corrected chi connectivity index (χ2v) is 8.36. The molecule has 1 N–H and O–H groups in total. The van der Waals surface area contributed by atoms with E-state index in [0.29, 0.717) is 17.0 Å². The molecule has 0 unspecified atom stereocenters. The first-order chi connectivity index (χ1) is 14.1. The van der Waals surface area contributed by atoms with Gasteiger partial charge in [-0.1, -0.05) is 17.3 Å². The molecule has 0 saturated heterocycles. The van der Waals surface area contributed by atoms with Crippen LogP contribution in [0.25, 0.3) is 0 Å². The van der Waals surface area contributed by atoms with Gasteiger partial charge in [0.1, 0.15) is 5.75 Å². The molecular formula is C19H21F2N3O5S. The number of alkyl halides is 2. The van der Waals surface area contributed by atoms with Gasteiger partial charge in [-0.2, -0.15) is 8.78 Å². The molecule has 1 amide bonds. The molecular weight excluding hydrogens is 420 g/mol. The number of benzene rings is 2. The van der Waals surface area contributed by atoms with Gasteiger partial charge in [0.2, 0.25) is 10.0 Å². The molecule has 162 valence electrons. The van der Waals surface area contributed by atoms with Crippen LogP contribution in [0.1, 0.15) is 12.5 Å². The van der Waals surface area contributed by atoms with Crippen LogP contribution in [0.4, 0.5) is 14.5 Å². The Bertz CT molecular complexity index is 992. The number of ether oxygens (including phenoxy) is 1. The summed E-state index contributed by atoms with van der Waals surface area (Å²) in [6, 6.07) is 11.5. The quantitative estimate of drug-likeness (QED) is 0.477. The molecule has 2 aromatic rings. The molecule has 0 aliphatic carbocycles. The third-order valence-electron chi connectivity index (χ3n) is 3.81. The third-order valence-corrected chi connectivity index (χ3v) is 5.64. The molecule has 30 heavy (non-hydrogen) atoms. The molecule has 0 saturated carbocycles. The lowest BCUT2D eigenvalue weighted by Crippen LogP contribution is -2.22. The first kappa shape index (κ1) is 23.2. The maximum atomic E-state index is 12.1. The number of halogens is 2. The van der Waals surface area contributed by atoms with Gasteiger partial charge in [0, 0.05) is 19.8 Å². The van der Waals surface area contributed by atoms with Gasteiger partial charge in [0.05, 0.1) is 10.6 Å². The topological polar surface area (TPSA) is 97.3 Å². The molecule has 0 spiro atoms. The van der Waals surface area contributed by atoms with Crippen LogP contribution in [0.2, 0.25) is 0 Å². The summed E-state index contributed by atoms with van der Waals surface area (Å²) in [7, 11) is -0.632. The van der Waals surface area contributed by atoms with Crippen molar-refractivity contribution in [3.63, 3.8) is 0 Å². The van der Waals surface area contributed by atoms with Crippen molar-refractivity contribution < 1.29 is 31.6 Å². The number of oxime groups is 1. The number of amides is 1. The Balaban J connectivity index is 1.89. The third kappa shape index (κ3) is 6.49. The smallest absolute Gasteiger partial charge is 0.387 e. The summed E-state index contributed by atoms with van der Waals surface area (Å²) < 4.78 is 53.7. The van der Waals surface area contributed by atoms with Gasteiger partial charge in [0.25, 0.3) is 5.91 Å². The number of hydrogen-bond donors (Lipinski definition) is 1. The fourth-order valence-electron chi connectivity index (χ4n) is 2.24. The molecule has 0 aromatic heterocycles. The molecule has 2 rings (SSSR count). The minimum atomic E-state index is -3.52. The lowest BCUT2D eigenvalue weighted by atomic mass is 10.1. The molecule has 0 fully saturated rings. The Labute approximate surface area is 173 Å². The fourth-order valence-corrected chi connectivity index (χ4v) is 3.14. The zero-order valence-corrected chi connectivity index (χ0v) is 17.3. The number of sulfonamides is 1. The minimum Gasteiger partial charge on any atom is -0.435 e. The van der Waals surface area contributed by atoms with Gasteiger partial charge < -0.3 is 14.9 Å². The normalized spacial score (nSPS) is 12.2. The zero-order chi connectivity index (χ0) is 22.3. The van der Waals surface area contributed by atoms with Gasteiger partial charge in [-0.15, -0.1) is 0 Å². The number of rotatable bonds is 9. The van der Waals surface area contributed by atoms with Crippen LogP contribution >= 0.6 is 0 Å². The number of hydrogen-bond acceptors (Lipinski definition) is 6. The van der Waals surface area contributed by atoms with E-state index in [1.807, 2.05) is 0 Å². The van der Waals surface area contributed by atoms with Gasteiger partial charge >= 0.3 is 6.61 Å². The monoisotopic (exact) mass is 441 g/mol. The van der Waals surface area contributed by atoms with Gasteiger partial charge in [-0.25, -0.2) is 12.7 Å². The maximum Gasteiger partial charge on any atom is 0.387 e. The second kappa shape index (κ2) is 10.1. The zero-order valence-electron chi connectivity index (χ0n) is 16.5. The SMILES string of the molecule is C/C(=N/OCC(=O)Nc1ccc(OC(F)F)cc1)c1ccc(S(=O)(=O)N(C)C)cc1. The summed E-state index contributed by atoms with van der Waals surface area (Å²) in [4.78, 5) is 17.1. The van der Waals surface area contributed by atoms with E-state index in [1.165, 1.54) is 50.5 Å². The van der Waals surface area contributed by atoms with Crippen LogP contribution in [0.3, 0.4) is 0 Å². The molecule has 0 aliphatic heterocycles. The Morgan fingerprint density at radius 1 is 1.10 bits per heavy atom. The van der Waals surface area contributed by atoms with E-state index in [9.17, 15) is 22.0 Å². The summed E-state index contributed by atoms with van der Waals surface area (Å²) in [5.41, 5.74) is 1.46. The molecule has 11 heteroatoms. The average Bonchev–Trinajstić information content (AvgIpc) is 2.69. The highest BCUT2D eigenvalue weighted by molar-refractivity contribution is 7.89. The predicted molar refractivity (Wildman–Crippen MR) is 107 cm³/mol. The van der Waals surface area contributed by atoms with Crippen LogP contribution < -0.4 is 10.1 Å². The van der Waals surface area contributed by atoms with Gasteiger partial charge in [0.15, 0.2) is 6.61 Å². The van der Waals surface area contributed by atoms with Crippen LogP contribution in [-0.4, -0.2) is 51.7 Å². The van der Waals surface area contributed by atoms with Crippen molar-refractivity contribution >= 4 is 27.3 Å². The first-order valence-electron chi connectivity index (χ1n) is 8.64. The Morgan fingerprint density at radius 3 is 2.23 bits per heavy atom. The number of nitrogens with one attached hydrogen (secondary N) is 1. The number of anilines is 1. The molecule has 8 nitrogen and oxygen atoms in total. The molecule has 0 aliphatic rings. The molecule has 0 atom stereocenters. The lowest BCUT2D eigenvalue weighted by Gasteiger charge is -2.11. The van der Waals surface area contributed by atoms with Crippen LogP contribution in [-0.2, 0) is 19.7 Å². The van der Waals surface area contributed by atoms with E-state index in [0.717, 1.165) is 4.31 Å². The summed E-state index contributed by atoms with van der Waals surface area (Å²) in [6.45, 7) is -1.65. The summed E-state index contributed by atoms with van der Waals surface area (Å²) in [5.74, 6) is -0.523. The molecule has 0 heterocycles. The van der Waals surface area contributed by atoms with Crippen LogP contribution in [0.5, 0.6) is 5.75 Å². The highest BCUT2D eigenvalue weighted by atomic mass is 32.2. The highest BCUT2D eigenvalue weighted by Crippen LogP contribution is 2.18. The Hall–Kier alpha value is -3.05. The summed E-state index contributed by atoms with van der Waals surface area (Å²) in [5, 5.41) is 6.37. The Kier molecular flexibility index (Phi) is 7.84. The number of carbonyl (C=O) groups excluding carboxylic acids is 1. The Morgan fingerprint density at radius 2 is 1.70 bits per heavy atom. The minimum absolute atomic E-state index is 0.0242. The number of nitrogens with zero attached hydrogens (tertiary/aromatic N) is 2. The highest BCUT2D eigenvalue weighted by Gasteiger charge is 2.16. The van der Waals surface area contributed by atoms with Crippen molar-refractivity contribution in [1.29, 1.82) is 0 Å². The van der Waals surface area contributed by atoms with Crippen molar-refractivity contribution in [1.82, 2.24) is 4.31 Å². The standard InChI is InChI=1S/C19H21F2N3O5S/c1-13(14-4-10-17(11-5-14)30(26,27)24(2)3)23-28-12-18(25)22-15-6-8-16(9-7-15)29-19(20)21/h4-11,19H,12H2,1-3H3,(H,22,25)/b23-13-. The van der Waals surface area contributed by atoms with Crippen LogP contribution in [0, 0.1) is 0 Å². The van der Waals surface area contributed by atoms with E-state index >= 15 is 0 Å². The van der Waals surface area contributed by atoms with E-state index in [-0.39, 0.29) is 17.3 Å². The van der Waals surface area contributed by atoms with Crippen molar-refractivity contribution in [2.45, 2.75) is 18.4 Å². The molecule has 2 aromatic carbocycles. The summed E-state index contributed by atoms with van der Waals surface area (Å²) in [6.07, 6.45) is 0. The first-order valence-corrected chi connectivity index (χ1v) is 10.1. The predicted octanol–water partition coefficient (Wildman–Crippen LogP) is 2.92. The second-order valence-electron chi connectivity index (χ2n) is 6.21. The maximum absolute atomic E-state index is 12.1. The molecule has 0 radical (unpaired) electrons. The summed E-state index contributed by atoms with van der Waals surface area (Å²) >= 11 is 0. The van der Waals surface area contributed by atoms with E-state index < -0.39 is 22.5 Å². The molecule has 0 bridgehead atoms. The van der Waals surface area contributed by atoms with E-state index in [2.05, 4.69) is 15.2 Å². The van der Waals surface area contributed by atoms with E-state index in [1.54, 1.807) is 19.1 Å². The largest absolute Gasteiger partial charge is 0.435 e. The fraction of sp³-hybridized carbons (Fsp3) is 0.263. The van der Waals surface area contributed by atoms with Crippen molar-refractivity contribution in [2.24, 2.45) is 5.16 Å². The average molecular weight is 441 g/mol. The van der Waals surface area contributed by atoms with Gasteiger partial charge in [-0.3, -0.25) is 4.79 Å². The van der Waals surface area contributed by atoms with E-state index in [4.69, 9.17) is 4.84 Å². The number of carbonyl (C=O) groups is 1. The van der Waals surface area contributed by atoms with Crippen molar-refractivity contribution in [3.05, 3.63) is 54.1 Å².